The molecule has 1 N–H and O–H groups in total. The summed E-state index contributed by atoms with van der Waals surface area (Å²) in [4.78, 5) is 49.0. The Morgan fingerprint density at radius 3 is 2.25 bits per heavy atom. The highest BCUT2D eigenvalue weighted by Crippen LogP contribution is 2.26. The molecule has 36 heavy (non-hydrogen) atoms. The van der Waals surface area contributed by atoms with E-state index in [1.54, 1.807) is 42.5 Å². The van der Waals surface area contributed by atoms with Crippen LogP contribution in [0.5, 0.6) is 0 Å². The molecule has 4 heterocycles. The minimum Gasteiger partial charge on any atom is -0.463 e. The molecule has 2 aliphatic heterocycles. The summed E-state index contributed by atoms with van der Waals surface area (Å²) in [7, 11) is 0. The Balaban J connectivity index is 1.14. The molecule has 0 saturated heterocycles. The molecule has 2 aliphatic rings. The van der Waals surface area contributed by atoms with E-state index in [4.69, 9.17) is 21.0 Å². The average molecular weight is 501 g/mol. The fraction of sp³-hybridized carbons (Fsp3) is 0.185. The maximum atomic E-state index is 12.8. The SMILES string of the molecule is O=C1c2ccccc2C(=O)N1Cc1ccc(CN2CCc3nc(-c4ccc(Cl)cc4)[nH]c(=O)c3C2)o1. The van der Waals surface area contributed by atoms with E-state index < -0.39 is 0 Å². The molecule has 2 amide bonds. The summed E-state index contributed by atoms with van der Waals surface area (Å²) >= 11 is 5.97. The number of aromatic nitrogens is 2. The minimum atomic E-state index is -0.314. The third-order valence-corrected chi connectivity index (χ3v) is 6.81. The molecule has 8 nitrogen and oxygen atoms in total. The quantitative estimate of drug-likeness (QED) is 0.415. The van der Waals surface area contributed by atoms with Gasteiger partial charge in [0.05, 0.1) is 35.5 Å². The number of H-pyrrole nitrogens is 1. The number of furan rings is 1. The third-order valence-electron chi connectivity index (χ3n) is 6.55. The van der Waals surface area contributed by atoms with E-state index >= 15 is 0 Å². The van der Waals surface area contributed by atoms with Gasteiger partial charge in [-0.3, -0.25) is 24.2 Å². The van der Waals surface area contributed by atoms with Crippen LogP contribution in [0.1, 0.15) is 43.5 Å². The molecule has 0 spiro atoms. The number of fused-ring (bicyclic) bond motifs is 2. The Labute approximate surface area is 211 Å². The number of carbonyl (C=O) groups excluding carboxylic acids is 2. The number of amides is 2. The summed E-state index contributed by atoms with van der Waals surface area (Å²) in [6, 6.07) is 17.6. The third kappa shape index (κ3) is 4.04. The topological polar surface area (TPSA) is 99.5 Å². The van der Waals surface area contributed by atoms with Crippen molar-refractivity contribution < 1.29 is 14.0 Å². The molecule has 2 aromatic carbocycles. The molecule has 0 atom stereocenters. The number of carbonyl (C=O) groups is 2. The van der Waals surface area contributed by atoms with Gasteiger partial charge in [-0.15, -0.1) is 0 Å². The van der Waals surface area contributed by atoms with Gasteiger partial charge in [-0.1, -0.05) is 23.7 Å². The molecular weight excluding hydrogens is 480 g/mol. The van der Waals surface area contributed by atoms with Gasteiger partial charge in [0.2, 0.25) is 0 Å². The molecule has 4 aromatic rings. The Morgan fingerprint density at radius 2 is 1.56 bits per heavy atom. The van der Waals surface area contributed by atoms with Crippen LogP contribution in [0.25, 0.3) is 11.4 Å². The average Bonchev–Trinajstić information content (AvgIpc) is 3.43. The van der Waals surface area contributed by atoms with E-state index in [9.17, 15) is 14.4 Å². The van der Waals surface area contributed by atoms with Gasteiger partial charge in [-0.2, -0.15) is 0 Å². The summed E-state index contributed by atoms with van der Waals surface area (Å²) in [5.74, 6) is 1.14. The van der Waals surface area contributed by atoms with Crippen LogP contribution in [-0.2, 0) is 26.1 Å². The highest BCUT2D eigenvalue weighted by molar-refractivity contribution is 6.30. The normalized spacial score (nSPS) is 15.3. The molecule has 0 bridgehead atoms. The van der Waals surface area contributed by atoms with Crippen LogP contribution in [0.3, 0.4) is 0 Å². The molecule has 180 valence electrons. The number of rotatable bonds is 5. The molecule has 0 aliphatic carbocycles. The lowest BCUT2D eigenvalue weighted by Crippen LogP contribution is -2.35. The number of nitrogens with zero attached hydrogens (tertiary/aromatic N) is 3. The second kappa shape index (κ2) is 8.89. The minimum absolute atomic E-state index is 0.0756. The van der Waals surface area contributed by atoms with E-state index in [-0.39, 0.29) is 23.9 Å². The van der Waals surface area contributed by atoms with Crippen molar-refractivity contribution in [3.05, 3.63) is 110 Å². The monoisotopic (exact) mass is 500 g/mol. The molecule has 9 heteroatoms. The molecule has 6 rings (SSSR count). The first-order valence-electron chi connectivity index (χ1n) is 11.6. The molecular formula is C27H21ClN4O4. The van der Waals surface area contributed by atoms with Crippen LogP contribution >= 0.6 is 11.6 Å². The summed E-state index contributed by atoms with van der Waals surface area (Å²) in [5.41, 5.74) is 2.93. The maximum Gasteiger partial charge on any atom is 0.261 e. The van der Waals surface area contributed by atoms with Gasteiger partial charge >= 0.3 is 0 Å². The van der Waals surface area contributed by atoms with Gasteiger partial charge in [0.1, 0.15) is 17.3 Å². The summed E-state index contributed by atoms with van der Waals surface area (Å²) < 4.78 is 5.95. The summed E-state index contributed by atoms with van der Waals surface area (Å²) in [5, 5.41) is 0.625. The first-order chi connectivity index (χ1) is 17.5. The number of hydrogen-bond donors (Lipinski definition) is 1. The van der Waals surface area contributed by atoms with Crippen molar-refractivity contribution >= 4 is 23.4 Å². The second-order valence-electron chi connectivity index (χ2n) is 8.92. The Kier molecular flexibility index (Phi) is 5.55. The first-order valence-corrected chi connectivity index (χ1v) is 12.0. The van der Waals surface area contributed by atoms with Crippen LogP contribution < -0.4 is 5.56 Å². The van der Waals surface area contributed by atoms with Crippen LogP contribution in [0.4, 0.5) is 0 Å². The molecule has 0 radical (unpaired) electrons. The zero-order valence-electron chi connectivity index (χ0n) is 19.2. The summed E-state index contributed by atoms with van der Waals surface area (Å²) in [6.45, 7) is 1.75. The van der Waals surface area contributed by atoms with Crippen molar-refractivity contribution in [3.63, 3.8) is 0 Å². The molecule has 0 fully saturated rings. The van der Waals surface area contributed by atoms with Gasteiger partial charge in [0, 0.05) is 30.1 Å². The van der Waals surface area contributed by atoms with E-state index in [2.05, 4.69) is 9.88 Å². The van der Waals surface area contributed by atoms with E-state index in [0.29, 0.717) is 58.6 Å². The van der Waals surface area contributed by atoms with Crippen molar-refractivity contribution in [2.45, 2.75) is 26.1 Å². The maximum absolute atomic E-state index is 12.8. The van der Waals surface area contributed by atoms with Crippen LogP contribution in [0, 0.1) is 0 Å². The van der Waals surface area contributed by atoms with Gasteiger partial charge in [-0.05, 0) is 48.5 Å². The van der Waals surface area contributed by atoms with Gasteiger partial charge in [0.25, 0.3) is 17.4 Å². The fourth-order valence-corrected chi connectivity index (χ4v) is 4.84. The highest BCUT2D eigenvalue weighted by atomic mass is 35.5. The number of hydrogen-bond acceptors (Lipinski definition) is 6. The van der Waals surface area contributed by atoms with Crippen LogP contribution in [0.2, 0.25) is 5.02 Å². The van der Waals surface area contributed by atoms with Gasteiger partial charge in [0.15, 0.2) is 0 Å². The van der Waals surface area contributed by atoms with Crippen molar-refractivity contribution in [2.75, 3.05) is 6.54 Å². The van der Waals surface area contributed by atoms with E-state index in [0.717, 1.165) is 17.8 Å². The predicted octanol–water partition coefficient (Wildman–Crippen LogP) is 4.04. The van der Waals surface area contributed by atoms with E-state index in [1.165, 1.54) is 4.90 Å². The smallest absolute Gasteiger partial charge is 0.261 e. The van der Waals surface area contributed by atoms with Crippen molar-refractivity contribution in [2.24, 2.45) is 0 Å². The zero-order chi connectivity index (χ0) is 24.8. The second-order valence-corrected chi connectivity index (χ2v) is 9.35. The number of halogens is 1. The standard InChI is InChI=1S/C27H21ClN4O4/c28-17-7-5-16(6-8-17)24-29-23-11-12-31(15-22(23)25(33)30-24)13-18-9-10-19(36-18)14-32-26(34)20-3-1-2-4-21(20)27(32)35/h1-10H,11-15H2,(H,29,30,33). The lowest BCUT2D eigenvalue weighted by Gasteiger charge is -2.26. The predicted molar refractivity (Wildman–Crippen MR) is 132 cm³/mol. The fourth-order valence-electron chi connectivity index (χ4n) is 4.71. The number of imide groups is 1. The van der Waals surface area contributed by atoms with Gasteiger partial charge < -0.3 is 9.40 Å². The zero-order valence-corrected chi connectivity index (χ0v) is 19.9. The van der Waals surface area contributed by atoms with Crippen molar-refractivity contribution in [1.82, 2.24) is 19.8 Å². The van der Waals surface area contributed by atoms with Gasteiger partial charge in [-0.25, -0.2) is 4.98 Å². The summed E-state index contributed by atoms with van der Waals surface area (Å²) in [6.07, 6.45) is 0.641. The van der Waals surface area contributed by atoms with Crippen LogP contribution in [-0.4, -0.2) is 38.1 Å². The Morgan fingerprint density at radius 1 is 0.889 bits per heavy atom. The van der Waals surface area contributed by atoms with Crippen molar-refractivity contribution in [1.29, 1.82) is 0 Å². The lowest BCUT2D eigenvalue weighted by atomic mass is 10.1. The Hall–Kier alpha value is -4.01. The largest absolute Gasteiger partial charge is 0.463 e. The van der Waals surface area contributed by atoms with E-state index in [1.807, 2.05) is 18.2 Å². The molecule has 0 unspecified atom stereocenters. The lowest BCUT2D eigenvalue weighted by molar-refractivity contribution is 0.0630. The highest BCUT2D eigenvalue weighted by Gasteiger charge is 2.35. The van der Waals surface area contributed by atoms with Crippen molar-refractivity contribution in [3.8, 4) is 11.4 Å². The first kappa shape index (κ1) is 22.5. The molecule has 2 aromatic heterocycles. The number of benzene rings is 2. The van der Waals surface area contributed by atoms with Crippen LogP contribution in [0.15, 0.2) is 69.9 Å². The molecule has 0 saturated carbocycles. The number of aromatic amines is 1. The number of nitrogens with one attached hydrogen (secondary N) is 1. The Bertz CT molecular complexity index is 1520.